The van der Waals surface area contributed by atoms with Gasteiger partial charge in [0.05, 0.1) is 12.8 Å². The third kappa shape index (κ3) is 23.1. The quantitative estimate of drug-likeness (QED) is 0.291. The number of rotatable bonds is 5. The van der Waals surface area contributed by atoms with Gasteiger partial charge < -0.3 is 55.9 Å². The molecular formula is C7H23N5O9. The number of carboxylic acid groups (broad SMARTS) is 4. The largest absolute Gasteiger partial charge is 0.481 e. The summed E-state index contributed by atoms with van der Waals surface area (Å²) in [5.41, 5.74) is 1.29. The van der Waals surface area contributed by atoms with Gasteiger partial charge in [0.1, 0.15) is 0 Å². The van der Waals surface area contributed by atoms with Gasteiger partial charge in [0.2, 0.25) is 0 Å². The van der Waals surface area contributed by atoms with Gasteiger partial charge in [0.25, 0.3) is 0 Å². The molecule has 0 bridgehead atoms. The van der Waals surface area contributed by atoms with Crippen LogP contribution in [0.15, 0.2) is 0 Å². The zero-order chi connectivity index (χ0) is 14.2. The van der Waals surface area contributed by atoms with E-state index in [0.29, 0.717) is 0 Å². The molecular weight excluding hydrogens is 298 g/mol. The summed E-state index contributed by atoms with van der Waals surface area (Å²) in [7, 11) is 0. The number of aliphatic carboxylic acids is 3. The van der Waals surface area contributed by atoms with Crippen LogP contribution in [0.25, 0.3) is 0 Å². The maximum Gasteiger partial charge on any atom is 0.402 e. The maximum atomic E-state index is 10.3. The molecule has 0 aromatic carbocycles. The minimum atomic E-state index is -2.74. The maximum absolute atomic E-state index is 10.3. The molecule has 0 fully saturated rings. The van der Waals surface area contributed by atoms with E-state index in [1.165, 1.54) is 0 Å². The lowest BCUT2D eigenvalue weighted by atomic mass is 9.96. The second-order valence-electron chi connectivity index (χ2n) is 2.82. The van der Waals surface area contributed by atoms with Gasteiger partial charge in [-0.25, -0.2) is 9.59 Å². The van der Waals surface area contributed by atoms with Gasteiger partial charge in [-0.1, -0.05) is 0 Å². The van der Waals surface area contributed by atoms with Gasteiger partial charge in [0, 0.05) is 0 Å². The molecule has 0 aliphatic rings. The lowest BCUT2D eigenvalue weighted by molar-refractivity contribution is -0.170. The van der Waals surface area contributed by atoms with E-state index in [1.54, 1.807) is 0 Å². The van der Waals surface area contributed by atoms with E-state index in [1.807, 2.05) is 0 Å². The van der Waals surface area contributed by atoms with Crippen LogP contribution < -0.4 is 30.3 Å². The highest BCUT2D eigenvalue weighted by Gasteiger charge is 2.40. The fourth-order valence-electron chi connectivity index (χ4n) is 0.714. The Morgan fingerprint density at radius 1 is 0.762 bits per heavy atom. The third-order valence-corrected chi connectivity index (χ3v) is 1.29. The smallest absolute Gasteiger partial charge is 0.402 e. The number of amides is 1. The van der Waals surface area contributed by atoms with Crippen molar-refractivity contribution in [3.05, 3.63) is 0 Å². The fourth-order valence-corrected chi connectivity index (χ4v) is 0.714. The van der Waals surface area contributed by atoms with Crippen LogP contribution in [-0.2, 0) is 14.4 Å². The summed E-state index contributed by atoms with van der Waals surface area (Å²) in [6.07, 6.45) is -3.62. The lowest BCUT2D eigenvalue weighted by Gasteiger charge is -2.18. The highest BCUT2D eigenvalue weighted by molar-refractivity contribution is 5.88. The summed E-state index contributed by atoms with van der Waals surface area (Å²) in [6, 6.07) is 0. The number of nitrogens with two attached hydrogens (primary N) is 1. The van der Waals surface area contributed by atoms with Gasteiger partial charge in [-0.3, -0.25) is 9.59 Å². The van der Waals surface area contributed by atoms with Crippen LogP contribution in [0.1, 0.15) is 12.8 Å². The Bertz CT molecular complexity index is 314. The summed E-state index contributed by atoms with van der Waals surface area (Å²) in [5.74, 6) is -5.02. The van der Waals surface area contributed by atoms with Crippen molar-refractivity contribution in [2.75, 3.05) is 0 Å². The summed E-state index contributed by atoms with van der Waals surface area (Å²) in [6.45, 7) is 0. The fraction of sp³-hybridized carbons (Fsp3) is 0.429. The number of carbonyl (C=O) groups is 4. The van der Waals surface area contributed by atoms with Gasteiger partial charge >= 0.3 is 24.0 Å². The Morgan fingerprint density at radius 3 is 1.05 bits per heavy atom. The molecule has 0 unspecified atom stereocenters. The first-order valence-electron chi connectivity index (χ1n) is 3.89. The first kappa shape index (κ1) is 36.3. The normalized spacial score (nSPS) is 7.86. The average molecular weight is 321 g/mol. The molecule has 0 spiro atoms. The van der Waals surface area contributed by atoms with Crippen LogP contribution in [0.2, 0.25) is 0 Å². The number of aliphatic hydroxyl groups is 1. The molecule has 1 amide bonds. The summed E-state index contributed by atoms with van der Waals surface area (Å²) < 4.78 is 0. The Morgan fingerprint density at radius 2 is 0.952 bits per heavy atom. The summed E-state index contributed by atoms with van der Waals surface area (Å²) >= 11 is 0. The van der Waals surface area contributed by atoms with Crippen LogP contribution in [0.4, 0.5) is 4.79 Å². The zero-order valence-electron chi connectivity index (χ0n) is 11.2. The molecule has 0 aliphatic carbocycles. The molecule has 0 rings (SSSR count). The minimum absolute atomic E-state index is 0. The molecule has 0 atom stereocenters. The van der Waals surface area contributed by atoms with E-state index < -0.39 is 42.4 Å². The molecule has 0 saturated carbocycles. The molecule has 14 heteroatoms. The molecule has 19 N–H and O–H groups in total. The van der Waals surface area contributed by atoms with Crippen molar-refractivity contribution in [1.29, 1.82) is 0 Å². The second-order valence-corrected chi connectivity index (χ2v) is 2.82. The van der Waals surface area contributed by atoms with Gasteiger partial charge in [-0.05, 0) is 0 Å². The number of primary amides is 1. The van der Waals surface area contributed by atoms with Crippen molar-refractivity contribution < 1.29 is 44.7 Å². The first-order chi connectivity index (χ1) is 7.51. The van der Waals surface area contributed by atoms with Crippen molar-refractivity contribution >= 4 is 24.0 Å². The molecule has 0 aliphatic heterocycles. The Labute approximate surface area is 118 Å². The van der Waals surface area contributed by atoms with E-state index in [0.717, 1.165) is 0 Å². The molecule has 0 radical (unpaired) electrons. The van der Waals surface area contributed by atoms with Crippen LogP contribution >= 0.6 is 0 Å². The molecule has 14 nitrogen and oxygen atoms in total. The molecule has 130 valence electrons. The van der Waals surface area contributed by atoms with E-state index >= 15 is 0 Å². The highest BCUT2D eigenvalue weighted by Crippen LogP contribution is 2.15. The Hall–Kier alpha value is -2.52. The van der Waals surface area contributed by atoms with Crippen LogP contribution in [0.3, 0.4) is 0 Å². The lowest BCUT2D eigenvalue weighted by Crippen LogP contribution is -2.42. The van der Waals surface area contributed by atoms with Crippen LogP contribution in [0.5, 0.6) is 0 Å². The zero-order valence-corrected chi connectivity index (χ0v) is 11.2. The molecule has 0 aromatic heterocycles. The first-order valence-corrected chi connectivity index (χ1v) is 3.89. The average Bonchev–Trinajstić information content (AvgIpc) is 1.98. The van der Waals surface area contributed by atoms with E-state index in [2.05, 4.69) is 5.73 Å². The van der Waals surface area contributed by atoms with E-state index in [4.69, 9.17) is 30.3 Å². The van der Waals surface area contributed by atoms with Crippen LogP contribution in [0, 0.1) is 0 Å². The number of hydrogen-bond acceptors (Lipinski definition) is 9. The topological polar surface area (TPSA) is 335 Å². The van der Waals surface area contributed by atoms with Crippen molar-refractivity contribution in [1.82, 2.24) is 24.6 Å². The Balaban J connectivity index is -0.0000000629. The van der Waals surface area contributed by atoms with E-state index in [9.17, 15) is 14.4 Å². The van der Waals surface area contributed by atoms with E-state index in [-0.39, 0.29) is 24.6 Å². The van der Waals surface area contributed by atoms with Crippen LogP contribution in [-0.4, -0.2) is 55.1 Å². The molecule has 21 heavy (non-hydrogen) atoms. The van der Waals surface area contributed by atoms with Crippen molar-refractivity contribution in [2.45, 2.75) is 18.4 Å². The van der Waals surface area contributed by atoms with Gasteiger partial charge in [0.15, 0.2) is 5.60 Å². The second kappa shape index (κ2) is 15.5. The third-order valence-electron chi connectivity index (χ3n) is 1.29. The highest BCUT2D eigenvalue weighted by atomic mass is 16.4. The van der Waals surface area contributed by atoms with Crippen molar-refractivity contribution in [3.63, 3.8) is 0 Å². The number of hydrogen-bond donors (Lipinski definition) is 10. The molecule has 0 saturated heterocycles. The predicted molar refractivity (Wildman–Crippen MR) is 69.4 cm³/mol. The summed E-state index contributed by atoms with van der Waals surface area (Å²) in [4.78, 5) is 39.3. The van der Waals surface area contributed by atoms with Gasteiger partial charge in [-0.15, -0.1) is 0 Å². The Kier molecular flexibility index (Phi) is 26.8. The minimum Gasteiger partial charge on any atom is -0.481 e. The summed E-state index contributed by atoms with van der Waals surface area (Å²) in [5, 5.41) is 41.0. The monoisotopic (exact) mass is 321 g/mol. The molecule has 0 heterocycles. The SMILES string of the molecule is N.N.N.N.NC(=O)O.O=C(O)CC(O)(CC(=O)O)C(=O)O. The standard InChI is InChI=1S/C6H8O7.CH3NO2.4H3N/c7-3(8)1-6(13,5(11)12)2-4(9)10;2-1(3)4;;;;/h13H,1-2H2,(H,7,8)(H,9,10)(H,11,12);2H2,(H,3,4);4*1H3. The number of carboxylic acids is 3. The van der Waals surface area contributed by atoms with Gasteiger partial charge in [-0.2, -0.15) is 0 Å². The van der Waals surface area contributed by atoms with Crippen molar-refractivity contribution in [2.24, 2.45) is 5.73 Å². The van der Waals surface area contributed by atoms with Crippen molar-refractivity contribution in [3.8, 4) is 0 Å². The molecule has 0 aromatic rings. The predicted octanol–water partition coefficient (Wildman–Crippen LogP) is -0.977.